The minimum Gasteiger partial charge on any atom is -0.335 e. The van der Waals surface area contributed by atoms with Crippen molar-refractivity contribution < 1.29 is 9.18 Å². The van der Waals surface area contributed by atoms with Crippen molar-refractivity contribution in [2.24, 2.45) is 7.05 Å². The normalized spacial score (nSPS) is 15.4. The zero-order valence-corrected chi connectivity index (χ0v) is 11.6. The van der Waals surface area contributed by atoms with Crippen LogP contribution in [0.15, 0.2) is 23.0 Å². The fourth-order valence-corrected chi connectivity index (χ4v) is 2.50. The lowest BCUT2D eigenvalue weighted by molar-refractivity contribution is 0.0729. The molecule has 1 fully saturated rings. The molecule has 1 aromatic carbocycles. The SMILES string of the molecule is Cn1nc(C(=O)N2CCNCC2)c2cc(F)ccc2c1=O. The van der Waals surface area contributed by atoms with E-state index in [1.54, 1.807) is 4.90 Å². The lowest BCUT2D eigenvalue weighted by atomic mass is 10.1. The molecule has 0 spiro atoms. The standard InChI is InChI=1S/C14H15FN4O2/c1-18-13(20)10-3-2-9(15)8-11(10)12(17-18)14(21)19-6-4-16-5-7-19/h2-3,8,16H,4-7H2,1H3. The number of hydrogen-bond donors (Lipinski definition) is 1. The van der Waals surface area contributed by atoms with E-state index in [0.29, 0.717) is 31.6 Å². The summed E-state index contributed by atoms with van der Waals surface area (Å²) in [5, 5.41) is 7.77. The summed E-state index contributed by atoms with van der Waals surface area (Å²) in [7, 11) is 1.49. The lowest BCUT2D eigenvalue weighted by Crippen LogP contribution is -2.47. The Bertz CT molecular complexity index is 765. The quantitative estimate of drug-likeness (QED) is 0.810. The molecular formula is C14H15FN4O2. The predicted molar refractivity (Wildman–Crippen MR) is 75.7 cm³/mol. The number of rotatable bonds is 1. The smallest absolute Gasteiger partial charge is 0.275 e. The van der Waals surface area contributed by atoms with Crippen LogP contribution in [0.2, 0.25) is 0 Å². The van der Waals surface area contributed by atoms with E-state index >= 15 is 0 Å². The Labute approximate surface area is 120 Å². The van der Waals surface area contributed by atoms with Crippen LogP contribution in [0.3, 0.4) is 0 Å². The highest BCUT2D eigenvalue weighted by Gasteiger charge is 2.23. The first-order valence-corrected chi connectivity index (χ1v) is 6.74. The first-order valence-electron chi connectivity index (χ1n) is 6.74. The fourth-order valence-electron chi connectivity index (χ4n) is 2.50. The number of aryl methyl sites for hydroxylation is 1. The van der Waals surface area contributed by atoms with Crippen molar-refractivity contribution in [2.45, 2.75) is 0 Å². The highest BCUT2D eigenvalue weighted by Crippen LogP contribution is 2.17. The Kier molecular flexibility index (Phi) is 3.42. The van der Waals surface area contributed by atoms with Crippen LogP contribution in [0, 0.1) is 5.82 Å². The Morgan fingerprint density at radius 3 is 2.71 bits per heavy atom. The third kappa shape index (κ3) is 2.40. The second-order valence-corrected chi connectivity index (χ2v) is 5.01. The summed E-state index contributed by atoms with van der Waals surface area (Å²) in [4.78, 5) is 26.3. The number of fused-ring (bicyclic) bond motifs is 1. The largest absolute Gasteiger partial charge is 0.335 e. The van der Waals surface area contributed by atoms with Gasteiger partial charge in [-0.1, -0.05) is 0 Å². The Morgan fingerprint density at radius 2 is 2.00 bits per heavy atom. The van der Waals surface area contributed by atoms with Crippen molar-refractivity contribution >= 4 is 16.7 Å². The number of nitrogens with one attached hydrogen (secondary N) is 1. The van der Waals surface area contributed by atoms with Gasteiger partial charge in [-0.15, -0.1) is 0 Å². The first kappa shape index (κ1) is 13.7. The maximum atomic E-state index is 13.5. The van der Waals surface area contributed by atoms with E-state index in [0.717, 1.165) is 4.68 Å². The molecular weight excluding hydrogens is 275 g/mol. The average molecular weight is 290 g/mol. The molecule has 0 saturated carbocycles. The van der Waals surface area contributed by atoms with Gasteiger partial charge < -0.3 is 10.2 Å². The minimum atomic E-state index is -0.494. The molecule has 6 nitrogen and oxygen atoms in total. The van der Waals surface area contributed by atoms with E-state index in [9.17, 15) is 14.0 Å². The van der Waals surface area contributed by atoms with E-state index in [1.807, 2.05) is 0 Å². The lowest BCUT2D eigenvalue weighted by Gasteiger charge is -2.27. The molecule has 0 unspecified atom stereocenters. The van der Waals surface area contributed by atoms with Crippen LogP contribution in [0.5, 0.6) is 0 Å². The second-order valence-electron chi connectivity index (χ2n) is 5.01. The van der Waals surface area contributed by atoms with Crippen molar-refractivity contribution in [3.05, 3.63) is 40.1 Å². The zero-order chi connectivity index (χ0) is 15.0. The third-order valence-corrected chi connectivity index (χ3v) is 3.62. The number of carbonyl (C=O) groups excluding carboxylic acids is 1. The van der Waals surface area contributed by atoms with Crippen LogP contribution in [0.1, 0.15) is 10.5 Å². The van der Waals surface area contributed by atoms with Gasteiger partial charge in [0.25, 0.3) is 11.5 Å². The Balaban J connectivity index is 2.17. The van der Waals surface area contributed by atoms with Gasteiger partial charge >= 0.3 is 0 Å². The summed E-state index contributed by atoms with van der Waals surface area (Å²) < 4.78 is 14.6. The van der Waals surface area contributed by atoms with Crippen LogP contribution in [-0.2, 0) is 7.05 Å². The molecule has 7 heteroatoms. The summed E-state index contributed by atoms with van der Waals surface area (Å²) in [6.07, 6.45) is 0. The van der Waals surface area contributed by atoms with E-state index in [4.69, 9.17) is 0 Å². The van der Waals surface area contributed by atoms with Gasteiger partial charge in [0.05, 0.1) is 5.39 Å². The number of benzene rings is 1. The molecule has 3 rings (SSSR count). The topological polar surface area (TPSA) is 67.2 Å². The van der Waals surface area contributed by atoms with E-state index in [-0.39, 0.29) is 22.5 Å². The predicted octanol–water partition coefficient (Wildman–Crippen LogP) is 0.118. The van der Waals surface area contributed by atoms with Gasteiger partial charge in [-0.25, -0.2) is 9.07 Å². The third-order valence-electron chi connectivity index (χ3n) is 3.62. The summed E-state index contributed by atoms with van der Waals surface area (Å²) in [6.45, 7) is 2.56. The summed E-state index contributed by atoms with van der Waals surface area (Å²) in [6, 6.07) is 3.80. The average Bonchev–Trinajstić information content (AvgIpc) is 2.51. The van der Waals surface area contributed by atoms with Gasteiger partial charge in [-0.3, -0.25) is 9.59 Å². The number of nitrogens with zero attached hydrogens (tertiary/aromatic N) is 3. The van der Waals surface area contributed by atoms with Crippen molar-refractivity contribution in [1.82, 2.24) is 20.0 Å². The molecule has 110 valence electrons. The van der Waals surface area contributed by atoms with Gasteiger partial charge in [0.2, 0.25) is 0 Å². The molecule has 1 aliphatic rings. The minimum absolute atomic E-state index is 0.119. The van der Waals surface area contributed by atoms with Crippen LogP contribution in [0.25, 0.3) is 10.8 Å². The molecule has 1 aromatic heterocycles. The monoisotopic (exact) mass is 290 g/mol. The van der Waals surface area contributed by atoms with Crippen molar-refractivity contribution in [3.8, 4) is 0 Å². The fraction of sp³-hybridized carbons (Fsp3) is 0.357. The van der Waals surface area contributed by atoms with E-state index < -0.39 is 5.82 Å². The number of carbonyl (C=O) groups is 1. The number of piperazine rings is 1. The van der Waals surface area contributed by atoms with Gasteiger partial charge in [0, 0.05) is 38.6 Å². The second kappa shape index (κ2) is 5.25. The molecule has 2 heterocycles. The van der Waals surface area contributed by atoms with Crippen LogP contribution in [-0.4, -0.2) is 46.8 Å². The molecule has 1 N–H and O–H groups in total. The van der Waals surface area contributed by atoms with Crippen molar-refractivity contribution in [2.75, 3.05) is 26.2 Å². The van der Waals surface area contributed by atoms with Gasteiger partial charge in [0.1, 0.15) is 5.82 Å². The van der Waals surface area contributed by atoms with Crippen LogP contribution < -0.4 is 10.9 Å². The molecule has 1 aliphatic heterocycles. The molecule has 0 atom stereocenters. The van der Waals surface area contributed by atoms with Crippen molar-refractivity contribution in [3.63, 3.8) is 0 Å². The van der Waals surface area contributed by atoms with Crippen molar-refractivity contribution in [1.29, 1.82) is 0 Å². The molecule has 0 aliphatic carbocycles. The Morgan fingerprint density at radius 1 is 1.29 bits per heavy atom. The molecule has 21 heavy (non-hydrogen) atoms. The molecule has 0 bridgehead atoms. The maximum absolute atomic E-state index is 13.5. The highest BCUT2D eigenvalue weighted by molar-refractivity contribution is 6.04. The summed E-state index contributed by atoms with van der Waals surface area (Å²) >= 11 is 0. The summed E-state index contributed by atoms with van der Waals surface area (Å²) in [5.41, 5.74) is -0.227. The van der Waals surface area contributed by atoms with Gasteiger partial charge in [0.15, 0.2) is 5.69 Å². The summed E-state index contributed by atoms with van der Waals surface area (Å²) in [5.74, 6) is -0.769. The van der Waals surface area contributed by atoms with E-state index in [1.165, 1.54) is 25.2 Å². The maximum Gasteiger partial charge on any atom is 0.275 e. The molecule has 0 radical (unpaired) electrons. The van der Waals surface area contributed by atoms with Crippen LogP contribution in [0.4, 0.5) is 4.39 Å². The number of halogens is 1. The van der Waals surface area contributed by atoms with Gasteiger partial charge in [-0.05, 0) is 18.2 Å². The molecule has 1 amide bonds. The number of amides is 1. The van der Waals surface area contributed by atoms with Crippen LogP contribution >= 0.6 is 0 Å². The number of aromatic nitrogens is 2. The zero-order valence-electron chi connectivity index (χ0n) is 11.6. The number of hydrogen-bond acceptors (Lipinski definition) is 4. The molecule has 1 saturated heterocycles. The molecule has 2 aromatic rings. The van der Waals surface area contributed by atoms with Gasteiger partial charge in [-0.2, -0.15) is 5.10 Å². The highest BCUT2D eigenvalue weighted by atomic mass is 19.1. The van der Waals surface area contributed by atoms with E-state index in [2.05, 4.69) is 10.4 Å². The first-order chi connectivity index (χ1) is 10.1. The Hall–Kier alpha value is -2.28.